The van der Waals surface area contributed by atoms with Crippen LogP contribution in [0.4, 0.5) is 5.69 Å². The molecule has 1 saturated carbocycles. The van der Waals surface area contributed by atoms with E-state index in [-0.39, 0.29) is 18.4 Å². The summed E-state index contributed by atoms with van der Waals surface area (Å²) in [6.07, 6.45) is 4.77. The van der Waals surface area contributed by atoms with Crippen LogP contribution in [0.5, 0.6) is 0 Å². The van der Waals surface area contributed by atoms with Gasteiger partial charge >= 0.3 is 0 Å². The van der Waals surface area contributed by atoms with E-state index in [0.717, 1.165) is 19.3 Å². The third kappa shape index (κ3) is 4.73. The molecule has 0 aromatic heterocycles. The van der Waals surface area contributed by atoms with E-state index in [9.17, 15) is 14.9 Å². The first kappa shape index (κ1) is 19.9. The SMILES string of the molecule is N#CC1(NC(=O)CN2CCC[C@H]2C(=O)Nc2cc(Cl)ccc2Cl)CCCC1. The minimum atomic E-state index is -0.747. The molecular weight excluding hydrogens is 387 g/mol. The Kier molecular flexibility index (Phi) is 6.25. The number of nitrogens with one attached hydrogen (secondary N) is 2. The number of nitriles is 1. The Bertz CT molecular complexity index is 771. The van der Waals surface area contributed by atoms with Gasteiger partial charge in [-0.15, -0.1) is 0 Å². The van der Waals surface area contributed by atoms with Gasteiger partial charge in [-0.05, 0) is 63.3 Å². The van der Waals surface area contributed by atoms with Crippen molar-refractivity contribution in [3.63, 3.8) is 0 Å². The van der Waals surface area contributed by atoms with Crippen LogP contribution in [0.25, 0.3) is 0 Å². The predicted molar refractivity (Wildman–Crippen MR) is 105 cm³/mol. The van der Waals surface area contributed by atoms with Crippen LogP contribution in [0.1, 0.15) is 38.5 Å². The summed E-state index contributed by atoms with van der Waals surface area (Å²) in [7, 11) is 0. The maximum absolute atomic E-state index is 12.7. The number of benzene rings is 1. The smallest absolute Gasteiger partial charge is 0.241 e. The van der Waals surface area contributed by atoms with Gasteiger partial charge in [0.2, 0.25) is 11.8 Å². The Labute approximate surface area is 168 Å². The summed E-state index contributed by atoms with van der Waals surface area (Å²) in [4.78, 5) is 27.0. The highest BCUT2D eigenvalue weighted by Gasteiger charge is 2.37. The van der Waals surface area contributed by atoms with Gasteiger partial charge in [-0.3, -0.25) is 14.5 Å². The third-order valence-corrected chi connectivity index (χ3v) is 5.81. The summed E-state index contributed by atoms with van der Waals surface area (Å²) in [5, 5.41) is 16.0. The zero-order chi connectivity index (χ0) is 19.4. The summed E-state index contributed by atoms with van der Waals surface area (Å²) < 4.78 is 0. The molecule has 1 aliphatic heterocycles. The van der Waals surface area contributed by atoms with Crippen LogP contribution in [0.3, 0.4) is 0 Å². The van der Waals surface area contributed by atoms with Gasteiger partial charge in [0.05, 0.1) is 29.4 Å². The second-order valence-corrected chi connectivity index (χ2v) is 8.03. The average Bonchev–Trinajstić information content (AvgIpc) is 3.28. The van der Waals surface area contributed by atoms with Gasteiger partial charge in [0.25, 0.3) is 0 Å². The molecule has 2 amide bonds. The van der Waals surface area contributed by atoms with Crippen molar-refractivity contribution in [2.45, 2.75) is 50.1 Å². The molecule has 1 saturated heterocycles. The maximum Gasteiger partial charge on any atom is 0.241 e. The first-order valence-electron chi connectivity index (χ1n) is 9.15. The van der Waals surface area contributed by atoms with E-state index in [2.05, 4.69) is 16.7 Å². The molecule has 144 valence electrons. The molecule has 1 aromatic rings. The fourth-order valence-corrected chi connectivity index (χ4v) is 4.19. The lowest BCUT2D eigenvalue weighted by Crippen LogP contribution is -2.51. The molecule has 27 heavy (non-hydrogen) atoms. The predicted octanol–water partition coefficient (Wildman–Crippen LogP) is 3.35. The first-order chi connectivity index (χ1) is 12.9. The molecule has 1 aliphatic carbocycles. The van der Waals surface area contributed by atoms with E-state index in [1.54, 1.807) is 18.2 Å². The molecule has 2 aliphatic rings. The monoisotopic (exact) mass is 408 g/mol. The van der Waals surface area contributed by atoms with Crippen molar-refractivity contribution in [1.29, 1.82) is 5.26 Å². The van der Waals surface area contributed by atoms with Gasteiger partial charge in [0.15, 0.2) is 0 Å². The number of amides is 2. The number of hydrogen-bond acceptors (Lipinski definition) is 4. The molecule has 3 rings (SSSR count). The molecular formula is C19H22Cl2N4O2. The minimum Gasteiger partial charge on any atom is -0.337 e. The summed E-state index contributed by atoms with van der Waals surface area (Å²) in [6.45, 7) is 0.763. The molecule has 8 heteroatoms. The van der Waals surface area contributed by atoms with Crippen molar-refractivity contribution in [2.75, 3.05) is 18.4 Å². The lowest BCUT2D eigenvalue weighted by molar-refractivity contribution is -0.125. The van der Waals surface area contributed by atoms with Gasteiger partial charge in [0.1, 0.15) is 5.54 Å². The van der Waals surface area contributed by atoms with Gasteiger partial charge in [-0.1, -0.05) is 23.2 Å². The van der Waals surface area contributed by atoms with E-state index in [1.807, 2.05) is 4.90 Å². The number of nitrogens with zero attached hydrogens (tertiary/aromatic N) is 2. The first-order valence-corrected chi connectivity index (χ1v) is 9.90. The highest BCUT2D eigenvalue weighted by molar-refractivity contribution is 6.35. The van der Waals surface area contributed by atoms with E-state index < -0.39 is 11.6 Å². The number of halogens is 2. The highest BCUT2D eigenvalue weighted by Crippen LogP contribution is 2.29. The van der Waals surface area contributed by atoms with Crippen molar-refractivity contribution in [2.24, 2.45) is 0 Å². The van der Waals surface area contributed by atoms with Crippen molar-refractivity contribution in [3.8, 4) is 6.07 Å². The van der Waals surface area contributed by atoms with E-state index in [0.29, 0.717) is 41.5 Å². The Balaban J connectivity index is 1.61. The van der Waals surface area contributed by atoms with E-state index in [1.165, 1.54) is 0 Å². The molecule has 0 spiro atoms. The lowest BCUT2D eigenvalue weighted by Gasteiger charge is -2.26. The zero-order valence-corrected chi connectivity index (χ0v) is 16.4. The number of carbonyl (C=O) groups excluding carboxylic acids is 2. The van der Waals surface area contributed by atoms with Crippen LogP contribution in [0, 0.1) is 11.3 Å². The number of anilines is 1. The summed E-state index contributed by atoms with van der Waals surface area (Å²) in [6, 6.07) is 6.73. The van der Waals surface area contributed by atoms with Gasteiger partial charge in [-0.2, -0.15) is 5.26 Å². The van der Waals surface area contributed by atoms with Crippen LogP contribution in [0.15, 0.2) is 18.2 Å². The van der Waals surface area contributed by atoms with Crippen LogP contribution < -0.4 is 10.6 Å². The Hall–Kier alpha value is -1.81. The molecule has 6 nitrogen and oxygen atoms in total. The molecule has 0 bridgehead atoms. The molecule has 0 unspecified atom stereocenters. The summed E-state index contributed by atoms with van der Waals surface area (Å²) in [5.74, 6) is -0.417. The third-order valence-electron chi connectivity index (χ3n) is 5.25. The summed E-state index contributed by atoms with van der Waals surface area (Å²) >= 11 is 12.1. The Morgan fingerprint density at radius 2 is 2.00 bits per heavy atom. The molecule has 2 fully saturated rings. The van der Waals surface area contributed by atoms with Crippen molar-refractivity contribution in [3.05, 3.63) is 28.2 Å². The van der Waals surface area contributed by atoms with Crippen LogP contribution in [0.2, 0.25) is 10.0 Å². The quantitative estimate of drug-likeness (QED) is 0.781. The number of carbonyl (C=O) groups is 2. The summed E-state index contributed by atoms with van der Waals surface area (Å²) in [5.41, 5.74) is -0.289. The van der Waals surface area contributed by atoms with E-state index >= 15 is 0 Å². The highest BCUT2D eigenvalue weighted by atomic mass is 35.5. The van der Waals surface area contributed by atoms with Crippen LogP contribution >= 0.6 is 23.2 Å². The largest absolute Gasteiger partial charge is 0.337 e. The molecule has 1 aromatic carbocycles. The second-order valence-electron chi connectivity index (χ2n) is 7.19. The maximum atomic E-state index is 12.7. The zero-order valence-electron chi connectivity index (χ0n) is 14.9. The average molecular weight is 409 g/mol. The molecule has 2 N–H and O–H groups in total. The molecule has 0 radical (unpaired) electrons. The Morgan fingerprint density at radius 3 is 2.70 bits per heavy atom. The standard InChI is InChI=1S/C19H22Cl2N4O2/c20-13-5-6-14(21)15(10-13)23-18(27)16-4-3-9-25(16)11-17(26)24-19(12-22)7-1-2-8-19/h5-6,10,16H,1-4,7-9,11H2,(H,23,27)(H,24,26)/t16-/m0/s1. The van der Waals surface area contributed by atoms with Crippen LogP contribution in [-0.4, -0.2) is 41.4 Å². The van der Waals surface area contributed by atoms with Crippen molar-refractivity contribution >= 4 is 40.7 Å². The van der Waals surface area contributed by atoms with Gasteiger partial charge in [-0.25, -0.2) is 0 Å². The van der Waals surface area contributed by atoms with Gasteiger partial charge < -0.3 is 10.6 Å². The second kappa shape index (κ2) is 8.47. The van der Waals surface area contributed by atoms with E-state index in [4.69, 9.17) is 23.2 Å². The Morgan fingerprint density at radius 1 is 1.26 bits per heavy atom. The topological polar surface area (TPSA) is 85.2 Å². The number of likely N-dealkylation sites (tertiary alicyclic amines) is 1. The fourth-order valence-electron chi connectivity index (χ4n) is 3.86. The number of hydrogen-bond donors (Lipinski definition) is 2. The van der Waals surface area contributed by atoms with Crippen molar-refractivity contribution in [1.82, 2.24) is 10.2 Å². The van der Waals surface area contributed by atoms with Crippen LogP contribution in [-0.2, 0) is 9.59 Å². The van der Waals surface area contributed by atoms with Gasteiger partial charge in [0, 0.05) is 5.02 Å². The lowest BCUT2D eigenvalue weighted by atomic mass is 10.00. The normalized spacial score (nSPS) is 21.6. The number of rotatable bonds is 5. The molecule has 1 heterocycles. The van der Waals surface area contributed by atoms with Crippen molar-refractivity contribution < 1.29 is 9.59 Å². The minimum absolute atomic E-state index is 0.102. The fraction of sp³-hybridized carbons (Fsp3) is 0.526. The molecule has 1 atom stereocenters.